The molecule has 0 aliphatic carbocycles. The van der Waals surface area contributed by atoms with Crippen LogP contribution in [-0.4, -0.2) is 10.2 Å². The first-order chi connectivity index (χ1) is 8.16. The van der Waals surface area contributed by atoms with Gasteiger partial charge in [0.05, 0.1) is 6.20 Å². The molecule has 0 aliphatic rings. The predicted molar refractivity (Wildman–Crippen MR) is 69.1 cm³/mol. The van der Waals surface area contributed by atoms with Gasteiger partial charge in [-0.1, -0.05) is 23.2 Å². The summed E-state index contributed by atoms with van der Waals surface area (Å²) in [5.41, 5.74) is 7.94. The van der Waals surface area contributed by atoms with E-state index in [1.165, 1.54) is 0 Å². The average Bonchev–Trinajstić information content (AvgIpc) is 2.35. The van der Waals surface area contributed by atoms with Gasteiger partial charge in [0.2, 0.25) is 0 Å². The lowest BCUT2D eigenvalue weighted by atomic mass is 10.0. The van der Waals surface area contributed by atoms with Gasteiger partial charge in [-0.15, -0.1) is 0 Å². The van der Waals surface area contributed by atoms with E-state index in [0.717, 1.165) is 11.1 Å². The second-order valence-corrected chi connectivity index (χ2v) is 4.57. The van der Waals surface area contributed by atoms with Gasteiger partial charge in [0, 0.05) is 22.3 Å². The monoisotopic (exact) mass is 267 g/mol. The van der Waals surface area contributed by atoms with E-state index >= 15 is 0 Å². The molecule has 0 aliphatic heterocycles. The zero-order valence-electron chi connectivity index (χ0n) is 8.98. The van der Waals surface area contributed by atoms with Gasteiger partial charge in [-0.2, -0.15) is 10.2 Å². The van der Waals surface area contributed by atoms with Crippen molar-refractivity contribution in [2.45, 2.75) is 12.5 Å². The van der Waals surface area contributed by atoms with Crippen molar-refractivity contribution >= 4 is 23.2 Å². The maximum absolute atomic E-state index is 6.09. The highest BCUT2D eigenvalue weighted by molar-refractivity contribution is 6.33. The highest BCUT2D eigenvalue weighted by atomic mass is 35.5. The van der Waals surface area contributed by atoms with Gasteiger partial charge in [0.25, 0.3) is 0 Å². The number of rotatable bonds is 3. The quantitative estimate of drug-likeness (QED) is 0.930. The van der Waals surface area contributed by atoms with Crippen LogP contribution in [0, 0.1) is 0 Å². The maximum Gasteiger partial charge on any atom is 0.0544 e. The van der Waals surface area contributed by atoms with Crippen LogP contribution in [0.3, 0.4) is 0 Å². The summed E-state index contributed by atoms with van der Waals surface area (Å²) in [5, 5.41) is 8.84. The lowest BCUT2D eigenvalue weighted by molar-refractivity contribution is 0.713. The zero-order chi connectivity index (χ0) is 12.3. The summed E-state index contributed by atoms with van der Waals surface area (Å²) in [7, 11) is 0. The number of aromatic nitrogens is 2. The molecule has 0 saturated carbocycles. The van der Waals surface area contributed by atoms with E-state index in [1.807, 2.05) is 12.1 Å². The van der Waals surface area contributed by atoms with Crippen molar-refractivity contribution in [1.82, 2.24) is 10.2 Å². The molecule has 2 aromatic rings. The Hall–Kier alpha value is -1.16. The lowest BCUT2D eigenvalue weighted by Gasteiger charge is -2.12. The third-order valence-corrected chi connectivity index (χ3v) is 3.09. The Bertz CT molecular complexity index is 502. The zero-order valence-corrected chi connectivity index (χ0v) is 10.5. The summed E-state index contributed by atoms with van der Waals surface area (Å²) >= 11 is 12.0. The van der Waals surface area contributed by atoms with Crippen LogP contribution in [0.4, 0.5) is 0 Å². The molecule has 0 spiro atoms. The van der Waals surface area contributed by atoms with E-state index in [0.29, 0.717) is 16.5 Å². The topological polar surface area (TPSA) is 51.8 Å². The molecular weight excluding hydrogens is 257 g/mol. The van der Waals surface area contributed by atoms with Gasteiger partial charge < -0.3 is 5.73 Å². The molecule has 1 atom stereocenters. The summed E-state index contributed by atoms with van der Waals surface area (Å²) in [5.74, 6) is 0. The van der Waals surface area contributed by atoms with Crippen LogP contribution < -0.4 is 5.73 Å². The molecule has 1 aromatic carbocycles. The van der Waals surface area contributed by atoms with E-state index in [4.69, 9.17) is 28.9 Å². The van der Waals surface area contributed by atoms with Crippen molar-refractivity contribution in [2.75, 3.05) is 0 Å². The van der Waals surface area contributed by atoms with Gasteiger partial charge >= 0.3 is 0 Å². The average molecular weight is 268 g/mol. The normalized spacial score (nSPS) is 12.4. The summed E-state index contributed by atoms with van der Waals surface area (Å²) in [4.78, 5) is 0. The van der Waals surface area contributed by atoms with Gasteiger partial charge in [-0.3, -0.25) is 0 Å². The van der Waals surface area contributed by atoms with Crippen LogP contribution in [0.2, 0.25) is 10.0 Å². The minimum absolute atomic E-state index is 0.165. The fourth-order valence-electron chi connectivity index (χ4n) is 1.57. The highest BCUT2D eigenvalue weighted by Gasteiger charge is 2.10. The molecule has 0 amide bonds. The Morgan fingerprint density at radius 3 is 2.71 bits per heavy atom. The van der Waals surface area contributed by atoms with Crippen LogP contribution in [-0.2, 0) is 6.42 Å². The summed E-state index contributed by atoms with van der Waals surface area (Å²) in [6.07, 6.45) is 3.89. The molecule has 0 radical (unpaired) electrons. The molecule has 1 heterocycles. The van der Waals surface area contributed by atoms with Crippen LogP contribution in [0.15, 0.2) is 36.7 Å². The fraction of sp³-hybridized carbons (Fsp3) is 0.167. The van der Waals surface area contributed by atoms with E-state index < -0.39 is 0 Å². The SMILES string of the molecule is NC(Cc1cc(Cl)ccc1Cl)c1ccnnc1. The van der Waals surface area contributed by atoms with Crippen LogP contribution >= 0.6 is 23.2 Å². The van der Waals surface area contributed by atoms with Crippen molar-refractivity contribution in [2.24, 2.45) is 5.73 Å². The molecule has 5 heteroatoms. The van der Waals surface area contributed by atoms with Crippen molar-refractivity contribution in [3.05, 3.63) is 57.8 Å². The van der Waals surface area contributed by atoms with E-state index in [2.05, 4.69) is 10.2 Å². The lowest BCUT2D eigenvalue weighted by Crippen LogP contribution is -2.14. The van der Waals surface area contributed by atoms with Crippen LogP contribution in [0.25, 0.3) is 0 Å². The number of nitrogens with two attached hydrogens (primary N) is 1. The second kappa shape index (κ2) is 5.45. The van der Waals surface area contributed by atoms with Crippen molar-refractivity contribution in [1.29, 1.82) is 0 Å². The standard InChI is InChI=1S/C12H11Cl2N3/c13-10-1-2-11(14)9(5-10)6-12(15)8-3-4-16-17-7-8/h1-5,7,12H,6,15H2. The molecular formula is C12H11Cl2N3. The fourth-order valence-corrected chi connectivity index (χ4v) is 1.96. The molecule has 0 bridgehead atoms. The first-order valence-electron chi connectivity index (χ1n) is 5.13. The number of benzene rings is 1. The first-order valence-corrected chi connectivity index (χ1v) is 5.88. The van der Waals surface area contributed by atoms with Crippen molar-refractivity contribution in [3.63, 3.8) is 0 Å². The van der Waals surface area contributed by atoms with E-state index in [9.17, 15) is 0 Å². The minimum Gasteiger partial charge on any atom is -0.324 e. The largest absolute Gasteiger partial charge is 0.324 e. The first kappa shape index (κ1) is 12.3. The Kier molecular flexibility index (Phi) is 3.94. The third kappa shape index (κ3) is 3.16. The minimum atomic E-state index is -0.165. The molecule has 88 valence electrons. The molecule has 0 saturated heterocycles. The number of hydrogen-bond donors (Lipinski definition) is 1. The van der Waals surface area contributed by atoms with Gasteiger partial charge in [-0.25, -0.2) is 0 Å². The number of hydrogen-bond acceptors (Lipinski definition) is 3. The molecule has 2 N–H and O–H groups in total. The third-order valence-electron chi connectivity index (χ3n) is 2.48. The number of halogens is 2. The van der Waals surface area contributed by atoms with Crippen molar-refractivity contribution in [3.8, 4) is 0 Å². The van der Waals surface area contributed by atoms with Crippen molar-refractivity contribution < 1.29 is 0 Å². The van der Waals surface area contributed by atoms with Gasteiger partial charge in [0.1, 0.15) is 0 Å². The van der Waals surface area contributed by atoms with E-state index in [1.54, 1.807) is 24.5 Å². The molecule has 3 nitrogen and oxygen atoms in total. The molecule has 0 fully saturated rings. The molecule has 1 unspecified atom stereocenters. The van der Waals surface area contributed by atoms with Crippen LogP contribution in [0.1, 0.15) is 17.2 Å². The Morgan fingerprint density at radius 1 is 1.18 bits per heavy atom. The summed E-state index contributed by atoms with van der Waals surface area (Å²) in [6, 6.07) is 7.04. The second-order valence-electron chi connectivity index (χ2n) is 3.72. The summed E-state index contributed by atoms with van der Waals surface area (Å²) < 4.78 is 0. The molecule has 1 aromatic heterocycles. The Balaban J connectivity index is 2.18. The summed E-state index contributed by atoms with van der Waals surface area (Å²) in [6.45, 7) is 0. The molecule has 17 heavy (non-hydrogen) atoms. The number of nitrogens with zero attached hydrogens (tertiary/aromatic N) is 2. The molecule has 2 rings (SSSR count). The predicted octanol–water partition coefficient (Wildman–Crippen LogP) is 3.03. The Labute approximate surface area is 110 Å². The Morgan fingerprint density at radius 2 is 2.00 bits per heavy atom. The highest BCUT2D eigenvalue weighted by Crippen LogP contribution is 2.24. The van der Waals surface area contributed by atoms with Gasteiger partial charge in [0.15, 0.2) is 0 Å². The maximum atomic E-state index is 6.09. The van der Waals surface area contributed by atoms with Crippen LogP contribution in [0.5, 0.6) is 0 Å². The van der Waals surface area contributed by atoms with E-state index in [-0.39, 0.29) is 6.04 Å². The smallest absolute Gasteiger partial charge is 0.0544 e. The van der Waals surface area contributed by atoms with Gasteiger partial charge in [-0.05, 0) is 41.8 Å².